The highest BCUT2D eigenvalue weighted by Crippen LogP contribution is 2.38. The molecule has 3 aliphatic heterocycles. The van der Waals surface area contributed by atoms with Crippen molar-refractivity contribution in [2.45, 2.75) is 189 Å². The first-order valence-corrected chi connectivity index (χ1v) is 18.6. The summed E-state index contributed by atoms with van der Waals surface area (Å²) >= 11 is 0. The van der Waals surface area contributed by atoms with Crippen LogP contribution in [0.4, 0.5) is 0 Å². The summed E-state index contributed by atoms with van der Waals surface area (Å²) in [7, 11) is 0. The largest absolute Gasteiger partial charge is 0.394 e. The summed E-state index contributed by atoms with van der Waals surface area (Å²) in [6.07, 6.45) is -14.9. The Balaban J connectivity index is 1.58. The van der Waals surface area contributed by atoms with Crippen molar-refractivity contribution in [2.24, 2.45) is 29.0 Å². The van der Waals surface area contributed by atoms with Gasteiger partial charge in [0.1, 0.15) is 48.8 Å². The summed E-state index contributed by atoms with van der Waals surface area (Å²) < 4.78 is 36.5. The Morgan fingerprint density at radius 2 is 1.27 bits per heavy atom. The predicted octanol–water partition coefficient (Wildman–Crippen LogP) is -2.53. The van der Waals surface area contributed by atoms with Crippen molar-refractivity contribution in [3.05, 3.63) is 0 Å². The number of hydrogen-bond donors (Lipinski definition) is 10. The second-order valence-corrected chi connectivity index (χ2v) is 14.6. The third-order valence-electron chi connectivity index (χ3n) is 11.0. The summed E-state index contributed by atoms with van der Waals surface area (Å²) in [5.74, 6) is -1.46. The molecule has 4 aliphatic rings. The van der Waals surface area contributed by atoms with Gasteiger partial charge in [-0.25, -0.2) is 0 Å². The molecule has 298 valence electrons. The van der Waals surface area contributed by atoms with E-state index in [1.807, 2.05) is 20.8 Å². The van der Waals surface area contributed by atoms with E-state index in [0.29, 0.717) is 25.7 Å². The van der Waals surface area contributed by atoms with E-state index in [1.165, 1.54) is 0 Å². The second-order valence-electron chi connectivity index (χ2n) is 14.6. The molecule has 17 heteroatoms. The fourth-order valence-corrected chi connectivity index (χ4v) is 7.95. The average molecular weight is 738 g/mol. The molecule has 0 aromatic carbocycles. The number of nitrogens with two attached hydrogens (primary N) is 3. The van der Waals surface area contributed by atoms with Gasteiger partial charge >= 0.3 is 0 Å². The summed E-state index contributed by atoms with van der Waals surface area (Å²) in [4.78, 5) is 12.9. The van der Waals surface area contributed by atoms with Crippen LogP contribution in [0.15, 0.2) is 0 Å². The van der Waals surface area contributed by atoms with Crippen LogP contribution in [0, 0.1) is 11.8 Å². The lowest BCUT2D eigenvalue weighted by molar-refractivity contribution is -0.306. The molecule has 3 heterocycles. The maximum atomic E-state index is 12.9. The summed E-state index contributed by atoms with van der Waals surface area (Å²) in [6, 6.07) is -3.04. The number of aliphatic hydroxyl groups is 7. The standard InChI is InChI=1S/C34H63N3O14/c1-5-9-15-19(7-3)46-32(22(36)25(15)42)49-29-16(35)11-14(12-18(40)17(39)10-6-2)24(41)31(29)51-34-28(45)30(21(13-38)48-34)50-33-23(37)27(44)26(43)20(8-4)47-33/h14-17,19-34,38-39,41-45H,5-13,35-37H2,1-4H3/t14-,15+,16?,17?,19?,20-,21+,22?,23?,24?,25-,26+,27?,28?,29+,30-,31+,32+,33+,34-/m0/s1. The molecule has 17 nitrogen and oxygen atoms in total. The monoisotopic (exact) mass is 737 g/mol. The molecule has 51 heavy (non-hydrogen) atoms. The number of carbonyl (C=O) groups is 1. The first kappa shape index (κ1) is 42.8. The highest BCUT2D eigenvalue weighted by Gasteiger charge is 2.55. The summed E-state index contributed by atoms with van der Waals surface area (Å²) in [6.45, 7) is 6.87. The number of aliphatic hydroxyl groups excluding tert-OH is 7. The van der Waals surface area contributed by atoms with Crippen LogP contribution in [0.2, 0.25) is 0 Å². The van der Waals surface area contributed by atoms with Gasteiger partial charge in [-0.3, -0.25) is 4.79 Å². The molecule has 0 amide bonds. The van der Waals surface area contributed by atoms with Crippen LogP contribution in [0.1, 0.15) is 79.1 Å². The van der Waals surface area contributed by atoms with Crippen molar-refractivity contribution in [2.75, 3.05) is 6.61 Å². The lowest BCUT2D eigenvalue weighted by Crippen LogP contribution is -2.65. The van der Waals surface area contributed by atoms with Crippen molar-refractivity contribution < 1.29 is 69.0 Å². The SMILES string of the molecule is CCCC(O)C(=O)C[C@@H]1CC(N)[C@@H](O[C@H]2OC(CC)[C@@H](CCC)[C@H](O)C2N)[C@H](O[C@@H]2O[C@H](CO)[C@H](O[C@H]3O[C@@H](CC)[C@@H](O)C(O)C3N)C2O)C1O. The van der Waals surface area contributed by atoms with Gasteiger partial charge in [0.05, 0.1) is 43.1 Å². The zero-order chi connectivity index (χ0) is 37.7. The van der Waals surface area contributed by atoms with E-state index in [-0.39, 0.29) is 31.3 Å². The maximum absolute atomic E-state index is 12.9. The zero-order valence-electron chi connectivity index (χ0n) is 30.1. The van der Waals surface area contributed by atoms with Gasteiger partial charge in [-0.1, -0.05) is 40.5 Å². The van der Waals surface area contributed by atoms with Gasteiger partial charge in [-0.2, -0.15) is 0 Å². The molecular weight excluding hydrogens is 674 g/mol. The predicted molar refractivity (Wildman–Crippen MR) is 179 cm³/mol. The van der Waals surface area contributed by atoms with Gasteiger partial charge in [0.2, 0.25) is 0 Å². The van der Waals surface area contributed by atoms with Gasteiger partial charge in [0.15, 0.2) is 24.7 Å². The first-order valence-electron chi connectivity index (χ1n) is 18.6. The Hall–Kier alpha value is -0.970. The van der Waals surface area contributed by atoms with E-state index in [2.05, 4.69) is 0 Å². The number of ketones is 1. The molecule has 4 fully saturated rings. The van der Waals surface area contributed by atoms with E-state index in [0.717, 1.165) is 6.42 Å². The van der Waals surface area contributed by atoms with Crippen LogP contribution in [0.3, 0.4) is 0 Å². The van der Waals surface area contributed by atoms with Crippen molar-refractivity contribution in [3.8, 4) is 0 Å². The number of ether oxygens (including phenoxy) is 6. The molecule has 0 radical (unpaired) electrons. The lowest BCUT2D eigenvalue weighted by atomic mass is 9.76. The molecule has 0 aromatic rings. The second kappa shape index (κ2) is 19.1. The van der Waals surface area contributed by atoms with E-state index in [9.17, 15) is 40.5 Å². The van der Waals surface area contributed by atoms with Gasteiger partial charge < -0.3 is 81.4 Å². The average Bonchev–Trinajstić information content (AvgIpc) is 3.41. The minimum atomic E-state index is -1.60. The fraction of sp³-hybridized carbons (Fsp3) is 0.971. The highest BCUT2D eigenvalue weighted by molar-refractivity contribution is 5.83. The van der Waals surface area contributed by atoms with E-state index in [4.69, 9.17) is 45.6 Å². The van der Waals surface area contributed by atoms with Crippen molar-refractivity contribution in [1.82, 2.24) is 0 Å². The third kappa shape index (κ3) is 9.47. The molecule has 13 N–H and O–H groups in total. The Kier molecular flexibility index (Phi) is 16.0. The molecule has 1 aliphatic carbocycles. The topological polar surface area (TPSA) is 292 Å². The van der Waals surface area contributed by atoms with E-state index >= 15 is 0 Å². The molecule has 20 atom stereocenters. The Morgan fingerprint density at radius 3 is 1.86 bits per heavy atom. The Morgan fingerprint density at radius 1 is 0.706 bits per heavy atom. The van der Waals surface area contributed by atoms with Crippen molar-refractivity contribution >= 4 is 5.78 Å². The van der Waals surface area contributed by atoms with Crippen molar-refractivity contribution in [1.29, 1.82) is 0 Å². The first-order chi connectivity index (χ1) is 24.2. The van der Waals surface area contributed by atoms with E-state index < -0.39 is 122 Å². The number of rotatable bonds is 16. The molecule has 4 rings (SSSR count). The number of hydrogen-bond acceptors (Lipinski definition) is 17. The number of Topliss-reactive ketones (excluding diaryl/α,β-unsaturated/α-hetero) is 1. The van der Waals surface area contributed by atoms with Crippen LogP contribution in [0.5, 0.6) is 0 Å². The van der Waals surface area contributed by atoms with Gasteiger partial charge in [-0.05, 0) is 38.0 Å². The van der Waals surface area contributed by atoms with Crippen LogP contribution >= 0.6 is 0 Å². The number of carbonyl (C=O) groups excluding carboxylic acids is 1. The lowest BCUT2D eigenvalue weighted by Gasteiger charge is -2.48. The Labute approximate surface area is 299 Å². The normalized spacial score (nSPS) is 47.0. The van der Waals surface area contributed by atoms with Crippen molar-refractivity contribution in [3.63, 3.8) is 0 Å². The van der Waals surface area contributed by atoms with Gasteiger partial charge in [0, 0.05) is 18.4 Å². The summed E-state index contributed by atoms with van der Waals surface area (Å²) in [5, 5.41) is 75.7. The molecule has 8 unspecified atom stereocenters. The van der Waals surface area contributed by atoms with E-state index in [1.54, 1.807) is 6.92 Å². The van der Waals surface area contributed by atoms with Crippen LogP contribution in [0.25, 0.3) is 0 Å². The molecule has 0 aromatic heterocycles. The Bertz CT molecular complexity index is 1080. The molecule has 1 saturated carbocycles. The van der Waals surface area contributed by atoms with Crippen LogP contribution in [-0.2, 0) is 33.2 Å². The highest BCUT2D eigenvalue weighted by atomic mass is 16.8. The molecule has 3 saturated heterocycles. The molecule has 0 bridgehead atoms. The van der Waals surface area contributed by atoms with Gasteiger partial charge in [-0.15, -0.1) is 0 Å². The van der Waals surface area contributed by atoms with Gasteiger partial charge in [0.25, 0.3) is 0 Å². The van der Waals surface area contributed by atoms with Crippen LogP contribution in [-0.4, -0.2) is 158 Å². The fourth-order valence-electron chi connectivity index (χ4n) is 7.95. The zero-order valence-corrected chi connectivity index (χ0v) is 30.1. The summed E-state index contributed by atoms with van der Waals surface area (Å²) in [5.41, 5.74) is 19.2. The molecule has 0 spiro atoms. The quantitative estimate of drug-likeness (QED) is 0.0781. The minimum absolute atomic E-state index is 0.0964. The smallest absolute Gasteiger partial charge is 0.187 e. The third-order valence-corrected chi connectivity index (χ3v) is 11.0. The van der Waals surface area contributed by atoms with Crippen LogP contribution < -0.4 is 17.2 Å². The molecular formula is C34H63N3O14. The minimum Gasteiger partial charge on any atom is -0.394 e. The maximum Gasteiger partial charge on any atom is 0.187 e.